The molecule has 5 rings (SSSR count). The van der Waals surface area contributed by atoms with Crippen LogP contribution in [0.1, 0.15) is 111 Å². The van der Waals surface area contributed by atoms with Crippen molar-refractivity contribution in [2.24, 2.45) is 5.41 Å². The average Bonchev–Trinajstić information content (AvgIpc) is 3.39. The van der Waals surface area contributed by atoms with Crippen molar-refractivity contribution >= 4 is 14.4 Å². The molecule has 0 bridgehead atoms. The van der Waals surface area contributed by atoms with Crippen molar-refractivity contribution in [3.63, 3.8) is 0 Å². The van der Waals surface area contributed by atoms with Crippen molar-refractivity contribution in [3.8, 4) is 17.4 Å². The van der Waals surface area contributed by atoms with Crippen molar-refractivity contribution in [1.82, 2.24) is 15.6 Å². The molecule has 266 valence electrons. The maximum atomic E-state index is 13.4. The molecule has 2 aromatic rings. The van der Waals surface area contributed by atoms with Crippen LogP contribution in [0.3, 0.4) is 0 Å². The summed E-state index contributed by atoms with van der Waals surface area (Å²) in [6.07, 6.45) is 6.74. The maximum Gasteiger partial charge on any atom is 0.407 e. The molecule has 0 saturated heterocycles. The SMILES string of the molecule is CC(C)(C)Cc1cnc2c(c1)[C@@H](NC[C@@H](O[Si](C)(C)C(C)(C)C)[C@H](Cc1ccc3c(c1)OCO3)NC(=O)OC(C)(C)C)CC1(CCC1)O2. The van der Waals surface area contributed by atoms with Gasteiger partial charge in [-0.3, -0.25) is 0 Å². The third-order valence-electron chi connectivity index (χ3n) is 10.1. The lowest BCUT2D eigenvalue weighted by atomic mass is 9.73. The first kappa shape index (κ1) is 36.5. The van der Waals surface area contributed by atoms with Crippen LogP contribution in [-0.4, -0.2) is 56.1 Å². The molecule has 3 heterocycles. The number of hydrogen-bond acceptors (Lipinski definition) is 8. The molecular weight excluding hydrogens is 623 g/mol. The fraction of sp³-hybridized carbons (Fsp3) is 0.684. The summed E-state index contributed by atoms with van der Waals surface area (Å²) >= 11 is 0. The molecule has 3 aliphatic rings. The smallest absolute Gasteiger partial charge is 0.407 e. The number of rotatable bonds is 10. The largest absolute Gasteiger partial charge is 0.471 e. The molecule has 2 N–H and O–H groups in total. The van der Waals surface area contributed by atoms with Gasteiger partial charge in [-0.25, -0.2) is 9.78 Å². The van der Waals surface area contributed by atoms with Gasteiger partial charge >= 0.3 is 6.09 Å². The zero-order valence-corrected chi connectivity index (χ0v) is 32.2. The first-order chi connectivity index (χ1) is 22.2. The molecule has 9 nitrogen and oxygen atoms in total. The molecule has 1 aromatic heterocycles. The number of nitrogens with one attached hydrogen (secondary N) is 2. The normalized spacial score (nSPS) is 19.9. The van der Waals surface area contributed by atoms with E-state index < -0.39 is 20.0 Å². The van der Waals surface area contributed by atoms with Gasteiger partial charge in [-0.2, -0.15) is 0 Å². The third-order valence-corrected chi connectivity index (χ3v) is 14.6. The van der Waals surface area contributed by atoms with Gasteiger partial charge in [0.2, 0.25) is 12.7 Å². The van der Waals surface area contributed by atoms with E-state index in [9.17, 15) is 4.79 Å². The highest BCUT2D eigenvalue weighted by Crippen LogP contribution is 2.48. The molecule has 48 heavy (non-hydrogen) atoms. The molecule has 1 aliphatic carbocycles. The quantitative estimate of drug-likeness (QED) is 0.242. The number of fused-ring (bicyclic) bond motifs is 2. The number of pyridine rings is 1. The van der Waals surface area contributed by atoms with Crippen molar-refractivity contribution in [2.45, 2.75) is 148 Å². The maximum absolute atomic E-state index is 13.4. The second kappa shape index (κ2) is 13.5. The van der Waals surface area contributed by atoms with E-state index in [0.717, 1.165) is 48.4 Å². The van der Waals surface area contributed by atoms with Crippen LogP contribution in [0.15, 0.2) is 30.5 Å². The Labute approximate surface area is 289 Å². The van der Waals surface area contributed by atoms with Gasteiger partial charge in [-0.1, -0.05) is 47.6 Å². The minimum atomic E-state index is -2.29. The zero-order valence-electron chi connectivity index (χ0n) is 31.2. The number of carbonyl (C=O) groups excluding carboxylic acids is 1. The van der Waals surface area contributed by atoms with Crippen molar-refractivity contribution in [1.29, 1.82) is 0 Å². The number of amides is 1. The van der Waals surface area contributed by atoms with Crippen molar-refractivity contribution in [2.75, 3.05) is 13.3 Å². The summed E-state index contributed by atoms with van der Waals surface area (Å²) in [5.74, 6) is 2.18. The Morgan fingerprint density at radius 1 is 1.02 bits per heavy atom. The highest BCUT2D eigenvalue weighted by Gasteiger charge is 2.47. The van der Waals surface area contributed by atoms with E-state index in [4.69, 9.17) is 28.4 Å². The van der Waals surface area contributed by atoms with E-state index in [2.05, 4.69) is 71.3 Å². The minimum absolute atomic E-state index is 0.0342. The van der Waals surface area contributed by atoms with Gasteiger partial charge in [0, 0.05) is 30.8 Å². The Morgan fingerprint density at radius 3 is 2.35 bits per heavy atom. The monoisotopic (exact) mass is 681 g/mol. The van der Waals surface area contributed by atoms with Crippen LogP contribution in [0.4, 0.5) is 4.79 Å². The highest BCUT2D eigenvalue weighted by molar-refractivity contribution is 6.74. The van der Waals surface area contributed by atoms with E-state index in [1.807, 2.05) is 45.2 Å². The van der Waals surface area contributed by atoms with Gasteiger partial charge in [0.15, 0.2) is 19.8 Å². The van der Waals surface area contributed by atoms with Gasteiger partial charge in [0.1, 0.15) is 11.2 Å². The van der Waals surface area contributed by atoms with E-state index in [0.29, 0.717) is 18.7 Å². The first-order valence-electron chi connectivity index (χ1n) is 17.7. The lowest BCUT2D eigenvalue weighted by Gasteiger charge is -2.48. The van der Waals surface area contributed by atoms with Gasteiger partial charge < -0.3 is 34.0 Å². The van der Waals surface area contributed by atoms with Gasteiger partial charge in [-0.05, 0) is 106 Å². The van der Waals surface area contributed by atoms with E-state index in [-0.39, 0.29) is 41.0 Å². The molecule has 2 aliphatic heterocycles. The molecule has 1 amide bonds. The standard InChI is InChI=1S/C38H59N3O6Si/c1-35(2,3)20-26-17-27-29(21-38(15-12-16-38)45-33(27)40-22-26)39-23-32(47-48(10,11)37(7,8)9)28(41-34(42)46-36(4,5)6)18-25-13-14-30-31(19-25)44-24-43-30/h13-14,17,19,22,28-29,32,39H,12,15-16,18,20-21,23-24H2,1-11H3,(H,41,42)/t28-,29-,32+/m0/s1. The lowest BCUT2D eigenvalue weighted by Crippen LogP contribution is -2.57. The number of carbonyl (C=O) groups is 1. The highest BCUT2D eigenvalue weighted by atomic mass is 28.4. The second-order valence-corrected chi connectivity index (χ2v) is 22.6. The van der Waals surface area contributed by atoms with Gasteiger partial charge in [0.25, 0.3) is 0 Å². The molecule has 1 aromatic carbocycles. The molecule has 10 heteroatoms. The van der Waals surface area contributed by atoms with Crippen molar-refractivity contribution < 1.29 is 28.2 Å². The summed E-state index contributed by atoms with van der Waals surface area (Å²) in [6, 6.07) is 7.91. The summed E-state index contributed by atoms with van der Waals surface area (Å²) in [7, 11) is -2.29. The third kappa shape index (κ3) is 9.04. The minimum Gasteiger partial charge on any atom is -0.471 e. The predicted octanol–water partition coefficient (Wildman–Crippen LogP) is 8.26. The lowest BCUT2D eigenvalue weighted by molar-refractivity contribution is -0.0419. The molecule has 0 radical (unpaired) electrons. The van der Waals surface area contributed by atoms with Crippen LogP contribution < -0.4 is 24.8 Å². The second-order valence-electron chi connectivity index (χ2n) is 17.8. The fourth-order valence-electron chi connectivity index (χ4n) is 6.48. The number of hydrogen-bond donors (Lipinski definition) is 2. The number of alkyl carbamates (subject to hydrolysis) is 1. The molecule has 3 atom stereocenters. The molecular formula is C38H59N3O6Si. The average molecular weight is 682 g/mol. The number of nitrogens with zero attached hydrogens (tertiary/aromatic N) is 1. The van der Waals surface area contributed by atoms with E-state index in [1.165, 1.54) is 12.0 Å². The van der Waals surface area contributed by atoms with E-state index in [1.54, 1.807) is 0 Å². The molecule has 0 unspecified atom stereocenters. The van der Waals surface area contributed by atoms with Crippen LogP contribution in [0.25, 0.3) is 0 Å². The topological polar surface area (TPSA) is 100 Å². The number of benzene rings is 1. The zero-order chi connectivity index (χ0) is 35.1. The summed E-state index contributed by atoms with van der Waals surface area (Å²) in [4.78, 5) is 18.3. The predicted molar refractivity (Wildman–Crippen MR) is 191 cm³/mol. The summed E-state index contributed by atoms with van der Waals surface area (Å²) in [6.45, 7) is 24.4. The van der Waals surface area contributed by atoms with Crippen LogP contribution in [-0.2, 0) is 22.0 Å². The summed E-state index contributed by atoms with van der Waals surface area (Å²) in [5.41, 5.74) is 2.66. The Bertz CT molecular complexity index is 1450. The van der Waals surface area contributed by atoms with Crippen LogP contribution in [0, 0.1) is 5.41 Å². The van der Waals surface area contributed by atoms with Gasteiger partial charge in [-0.15, -0.1) is 0 Å². The Hall–Kier alpha value is -2.82. The molecule has 1 fully saturated rings. The molecule has 1 spiro atoms. The molecule has 1 saturated carbocycles. The van der Waals surface area contributed by atoms with Crippen molar-refractivity contribution in [3.05, 3.63) is 47.2 Å². The number of ether oxygens (including phenoxy) is 4. The van der Waals surface area contributed by atoms with Gasteiger partial charge in [0.05, 0.1) is 12.1 Å². The summed E-state index contributed by atoms with van der Waals surface area (Å²) < 4.78 is 30.9. The van der Waals surface area contributed by atoms with Crippen LogP contribution in [0.5, 0.6) is 17.4 Å². The van der Waals surface area contributed by atoms with Crippen LogP contribution in [0.2, 0.25) is 18.1 Å². The first-order valence-corrected chi connectivity index (χ1v) is 20.6. The Balaban J connectivity index is 1.47. The fourth-order valence-corrected chi connectivity index (χ4v) is 7.84. The summed E-state index contributed by atoms with van der Waals surface area (Å²) in [5, 5.41) is 7.13. The Morgan fingerprint density at radius 2 is 1.73 bits per heavy atom. The van der Waals surface area contributed by atoms with E-state index >= 15 is 0 Å². The Kier molecular flexibility index (Phi) is 10.2. The number of aromatic nitrogens is 1. The van der Waals surface area contributed by atoms with Crippen LogP contribution >= 0.6 is 0 Å².